The van der Waals surface area contributed by atoms with Crippen molar-refractivity contribution >= 4 is 5.97 Å². The summed E-state index contributed by atoms with van der Waals surface area (Å²) in [7, 11) is 0. The normalized spacial score (nSPS) is 11.0. The Hall–Kier alpha value is -0.610. The van der Waals surface area contributed by atoms with Crippen molar-refractivity contribution in [3.05, 3.63) is 0 Å². The molecule has 0 aromatic rings. The van der Waals surface area contributed by atoms with Crippen molar-refractivity contribution < 1.29 is 14.6 Å². The zero-order chi connectivity index (χ0) is 12.9. The van der Waals surface area contributed by atoms with Crippen LogP contribution in [-0.4, -0.2) is 37.4 Å². The third-order valence-electron chi connectivity index (χ3n) is 2.51. The first kappa shape index (κ1) is 16.4. The van der Waals surface area contributed by atoms with Crippen LogP contribution in [0.5, 0.6) is 0 Å². The zero-order valence-corrected chi connectivity index (χ0v) is 11.2. The molecule has 0 heterocycles. The van der Waals surface area contributed by atoms with E-state index in [1.165, 1.54) is 0 Å². The van der Waals surface area contributed by atoms with Crippen LogP contribution in [0, 0.1) is 5.92 Å². The molecule has 0 aliphatic heterocycles. The first-order valence-electron chi connectivity index (χ1n) is 6.63. The van der Waals surface area contributed by atoms with Gasteiger partial charge >= 0.3 is 5.97 Å². The van der Waals surface area contributed by atoms with Crippen LogP contribution in [0.1, 0.15) is 46.0 Å². The number of hydrogen-bond donors (Lipinski definition) is 2. The summed E-state index contributed by atoms with van der Waals surface area (Å²) in [6.45, 7) is 7.83. The second-order valence-electron chi connectivity index (χ2n) is 4.75. The van der Waals surface area contributed by atoms with Gasteiger partial charge in [-0.3, -0.25) is 4.79 Å². The molecule has 0 amide bonds. The lowest BCUT2D eigenvalue weighted by atomic mass is 10.1. The average Bonchev–Trinajstić information content (AvgIpc) is 2.25. The van der Waals surface area contributed by atoms with Crippen LogP contribution in [0.3, 0.4) is 0 Å². The predicted octanol–water partition coefficient (Wildman–Crippen LogP) is 2.28. The summed E-state index contributed by atoms with van der Waals surface area (Å²) in [5, 5.41) is 11.7. The van der Waals surface area contributed by atoms with Crippen molar-refractivity contribution in [2.75, 3.05) is 26.3 Å². The molecule has 0 spiro atoms. The first-order chi connectivity index (χ1) is 8.13. The van der Waals surface area contributed by atoms with E-state index in [0.717, 1.165) is 52.0 Å². The Bertz CT molecular complexity index is 184. The Morgan fingerprint density at radius 2 is 1.94 bits per heavy atom. The Kier molecular flexibility index (Phi) is 11.4. The van der Waals surface area contributed by atoms with Crippen molar-refractivity contribution in [1.82, 2.24) is 5.32 Å². The molecular weight excluding hydrogens is 218 g/mol. The highest BCUT2D eigenvalue weighted by atomic mass is 16.5. The highest BCUT2D eigenvalue weighted by Crippen LogP contribution is 1.99. The summed E-state index contributed by atoms with van der Waals surface area (Å²) in [5.41, 5.74) is 0. The van der Waals surface area contributed by atoms with E-state index in [-0.39, 0.29) is 6.42 Å². The van der Waals surface area contributed by atoms with Gasteiger partial charge in [0.1, 0.15) is 0 Å². The SMILES string of the molecule is CC(C)CCOCCNCCCCCC(=O)O. The number of carbonyl (C=O) groups is 1. The smallest absolute Gasteiger partial charge is 0.303 e. The number of aliphatic carboxylic acids is 1. The standard InChI is InChI=1S/C13H27NO3/c1-12(2)7-10-17-11-9-14-8-5-3-4-6-13(15)16/h12,14H,3-11H2,1-2H3,(H,15,16). The quantitative estimate of drug-likeness (QED) is 0.518. The Morgan fingerprint density at radius 1 is 1.18 bits per heavy atom. The van der Waals surface area contributed by atoms with Gasteiger partial charge in [-0.15, -0.1) is 0 Å². The molecule has 0 saturated heterocycles. The molecular formula is C13H27NO3. The van der Waals surface area contributed by atoms with E-state index in [4.69, 9.17) is 9.84 Å². The maximum Gasteiger partial charge on any atom is 0.303 e. The van der Waals surface area contributed by atoms with Crippen LogP contribution < -0.4 is 5.32 Å². The summed E-state index contributed by atoms with van der Waals surface area (Å²) in [4.78, 5) is 10.3. The van der Waals surface area contributed by atoms with Crippen molar-refractivity contribution in [1.29, 1.82) is 0 Å². The summed E-state index contributed by atoms with van der Waals surface area (Å²) >= 11 is 0. The number of hydrogen-bond acceptors (Lipinski definition) is 3. The number of nitrogens with one attached hydrogen (secondary N) is 1. The van der Waals surface area contributed by atoms with Crippen LogP contribution in [-0.2, 0) is 9.53 Å². The molecule has 102 valence electrons. The van der Waals surface area contributed by atoms with E-state index in [1.807, 2.05) is 0 Å². The van der Waals surface area contributed by atoms with Crippen molar-refractivity contribution in [2.45, 2.75) is 46.0 Å². The molecule has 0 aromatic heterocycles. The highest BCUT2D eigenvalue weighted by Gasteiger charge is 1.96. The molecule has 0 fully saturated rings. The van der Waals surface area contributed by atoms with Crippen molar-refractivity contribution in [3.63, 3.8) is 0 Å². The average molecular weight is 245 g/mol. The Balaban J connectivity index is 2.96. The lowest BCUT2D eigenvalue weighted by Crippen LogP contribution is -2.21. The number of rotatable bonds is 12. The van der Waals surface area contributed by atoms with Crippen LogP contribution in [0.4, 0.5) is 0 Å². The lowest BCUT2D eigenvalue weighted by Gasteiger charge is -2.07. The van der Waals surface area contributed by atoms with Crippen LogP contribution in [0.2, 0.25) is 0 Å². The number of carboxylic acid groups (broad SMARTS) is 1. The maximum atomic E-state index is 10.3. The van der Waals surface area contributed by atoms with E-state index in [9.17, 15) is 4.79 Å². The van der Waals surface area contributed by atoms with E-state index in [0.29, 0.717) is 5.92 Å². The summed E-state index contributed by atoms with van der Waals surface area (Å²) < 4.78 is 5.46. The molecule has 0 rings (SSSR count). The van der Waals surface area contributed by atoms with Gasteiger partial charge in [0.05, 0.1) is 6.61 Å². The first-order valence-corrected chi connectivity index (χ1v) is 6.63. The Labute approximate surface area is 105 Å². The van der Waals surface area contributed by atoms with Gasteiger partial charge in [-0.2, -0.15) is 0 Å². The molecule has 0 atom stereocenters. The lowest BCUT2D eigenvalue weighted by molar-refractivity contribution is -0.137. The minimum Gasteiger partial charge on any atom is -0.481 e. The second kappa shape index (κ2) is 11.9. The summed E-state index contributed by atoms with van der Waals surface area (Å²) in [5.74, 6) is 0.00806. The largest absolute Gasteiger partial charge is 0.481 e. The molecule has 0 radical (unpaired) electrons. The van der Waals surface area contributed by atoms with E-state index < -0.39 is 5.97 Å². The highest BCUT2D eigenvalue weighted by molar-refractivity contribution is 5.66. The van der Waals surface area contributed by atoms with Crippen molar-refractivity contribution in [2.24, 2.45) is 5.92 Å². The molecule has 2 N–H and O–H groups in total. The molecule has 4 heteroatoms. The third kappa shape index (κ3) is 15.4. The fraction of sp³-hybridized carbons (Fsp3) is 0.923. The van der Waals surface area contributed by atoms with Gasteiger partial charge in [0.25, 0.3) is 0 Å². The molecule has 4 nitrogen and oxygen atoms in total. The summed E-state index contributed by atoms with van der Waals surface area (Å²) in [6, 6.07) is 0. The number of ether oxygens (including phenoxy) is 1. The fourth-order valence-electron chi connectivity index (χ4n) is 1.39. The third-order valence-corrected chi connectivity index (χ3v) is 2.51. The molecule has 0 bridgehead atoms. The van der Waals surface area contributed by atoms with Gasteiger partial charge in [0.15, 0.2) is 0 Å². The van der Waals surface area contributed by atoms with Crippen molar-refractivity contribution in [3.8, 4) is 0 Å². The minimum absolute atomic E-state index is 0.290. The topological polar surface area (TPSA) is 58.6 Å². The van der Waals surface area contributed by atoms with E-state index in [2.05, 4.69) is 19.2 Å². The number of carboxylic acids is 1. The maximum absolute atomic E-state index is 10.3. The van der Waals surface area contributed by atoms with Crippen LogP contribution in [0.15, 0.2) is 0 Å². The minimum atomic E-state index is -0.698. The molecule has 0 aliphatic carbocycles. The second-order valence-corrected chi connectivity index (χ2v) is 4.75. The molecule has 0 saturated carbocycles. The van der Waals surface area contributed by atoms with E-state index >= 15 is 0 Å². The predicted molar refractivity (Wildman–Crippen MR) is 69.2 cm³/mol. The van der Waals surface area contributed by atoms with Gasteiger partial charge in [-0.05, 0) is 31.7 Å². The molecule has 0 aliphatic rings. The zero-order valence-electron chi connectivity index (χ0n) is 11.2. The summed E-state index contributed by atoms with van der Waals surface area (Å²) in [6.07, 6.45) is 4.21. The van der Waals surface area contributed by atoms with Crippen LogP contribution in [0.25, 0.3) is 0 Å². The van der Waals surface area contributed by atoms with Gasteiger partial charge in [0, 0.05) is 19.6 Å². The van der Waals surface area contributed by atoms with Crippen LogP contribution >= 0.6 is 0 Å². The van der Waals surface area contributed by atoms with E-state index in [1.54, 1.807) is 0 Å². The van der Waals surface area contributed by atoms with Gasteiger partial charge in [-0.25, -0.2) is 0 Å². The molecule has 0 aromatic carbocycles. The Morgan fingerprint density at radius 3 is 2.59 bits per heavy atom. The number of unbranched alkanes of at least 4 members (excludes halogenated alkanes) is 2. The van der Waals surface area contributed by atoms with Gasteiger partial charge in [-0.1, -0.05) is 20.3 Å². The molecule has 17 heavy (non-hydrogen) atoms. The van der Waals surface area contributed by atoms with Gasteiger partial charge < -0.3 is 15.2 Å². The monoisotopic (exact) mass is 245 g/mol. The molecule has 0 unspecified atom stereocenters. The fourth-order valence-corrected chi connectivity index (χ4v) is 1.39. The van der Waals surface area contributed by atoms with Gasteiger partial charge in [0.2, 0.25) is 0 Å².